The standard InChI is InChI=1S/C11H18N2O2/c1-10(2)6-12-8-11(15-3,7-4-5-7)9(14)13(8)10/h7-8,12H,4-6H2,1-3H3/t8-,11+/m0/s1. The van der Waals surface area contributed by atoms with E-state index < -0.39 is 5.60 Å². The number of rotatable bonds is 2. The Labute approximate surface area is 90.0 Å². The molecule has 1 N–H and O–H groups in total. The zero-order chi connectivity index (χ0) is 10.8. The highest BCUT2D eigenvalue weighted by Crippen LogP contribution is 2.53. The first-order valence-corrected chi connectivity index (χ1v) is 5.66. The van der Waals surface area contributed by atoms with Gasteiger partial charge in [-0.3, -0.25) is 10.1 Å². The molecule has 0 radical (unpaired) electrons. The van der Waals surface area contributed by atoms with E-state index in [-0.39, 0.29) is 17.6 Å². The summed E-state index contributed by atoms with van der Waals surface area (Å²) in [6, 6.07) is 0. The average molecular weight is 210 g/mol. The Morgan fingerprint density at radius 1 is 1.47 bits per heavy atom. The van der Waals surface area contributed by atoms with Crippen LogP contribution in [0.15, 0.2) is 0 Å². The summed E-state index contributed by atoms with van der Waals surface area (Å²) in [7, 11) is 1.67. The van der Waals surface area contributed by atoms with Crippen molar-refractivity contribution < 1.29 is 9.53 Å². The van der Waals surface area contributed by atoms with Crippen molar-refractivity contribution in [3.8, 4) is 0 Å². The van der Waals surface area contributed by atoms with E-state index in [9.17, 15) is 4.79 Å². The second-order valence-corrected chi connectivity index (χ2v) is 5.54. The Balaban J connectivity index is 1.93. The summed E-state index contributed by atoms with van der Waals surface area (Å²) in [5.41, 5.74) is -0.591. The van der Waals surface area contributed by atoms with Crippen LogP contribution < -0.4 is 5.32 Å². The van der Waals surface area contributed by atoms with Crippen LogP contribution >= 0.6 is 0 Å². The number of carbonyl (C=O) groups excluding carboxylic acids is 1. The molecule has 4 nitrogen and oxygen atoms in total. The molecule has 0 spiro atoms. The molecule has 2 heterocycles. The third-order valence-electron chi connectivity index (χ3n) is 4.12. The van der Waals surface area contributed by atoms with Gasteiger partial charge in [0, 0.05) is 19.6 Å². The lowest BCUT2D eigenvalue weighted by Crippen LogP contribution is -2.78. The van der Waals surface area contributed by atoms with Crippen molar-refractivity contribution in [3.05, 3.63) is 0 Å². The molecule has 0 bridgehead atoms. The number of carbonyl (C=O) groups is 1. The molecule has 15 heavy (non-hydrogen) atoms. The molecule has 0 aromatic carbocycles. The van der Waals surface area contributed by atoms with E-state index in [1.54, 1.807) is 7.11 Å². The van der Waals surface area contributed by atoms with Gasteiger partial charge in [-0.05, 0) is 26.7 Å². The molecule has 0 aromatic heterocycles. The number of amides is 1. The molecule has 1 aliphatic carbocycles. The maximum absolute atomic E-state index is 12.3. The van der Waals surface area contributed by atoms with E-state index in [1.165, 1.54) is 0 Å². The molecular weight excluding hydrogens is 192 g/mol. The number of nitrogens with one attached hydrogen (secondary N) is 1. The summed E-state index contributed by atoms with van der Waals surface area (Å²) < 4.78 is 5.56. The van der Waals surface area contributed by atoms with Gasteiger partial charge in [-0.25, -0.2) is 0 Å². The van der Waals surface area contributed by atoms with Gasteiger partial charge < -0.3 is 9.64 Å². The fourth-order valence-electron chi connectivity index (χ4n) is 3.12. The average Bonchev–Trinajstić information content (AvgIpc) is 2.93. The molecule has 4 heteroatoms. The normalized spacial score (nSPS) is 42.7. The van der Waals surface area contributed by atoms with Crippen molar-refractivity contribution in [2.75, 3.05) is 13.7 Å². The van der Waals surface area contributed by atoms with E-state index in [0.29, 0.717) is 5.92 Å². The molecule has 2 aliphatic heterocycles. The predicted molar refractivity (Wildman–Crippen MR) is 55.2 cm³/mol. The molecule has 3 aliphatic rings. The van der Waals surface area contributed by atoms with Crippen LogP contribution in [0, 0.1) is 5.92 Å². The fraction of sp³-hybridized carbons (Fsp3) is 0.909. The van der Waals surface area contributed by atoms with Gasteiger partial charge in [0.1, 0.15) is 6.17 Å². The zero-order valence-electron chi connectivity index (χ0n) is 9.54. The number of hydrogen-bond donors (Lipinski definition) is 1. The van der Waals surface area contributed by atoms with Crippen molar-refractivity contribution in [2.24, 2.45) is 5.92 Å². The number of fused-ring (bicyclic) bond motifs is 1. The van der Waals surface area contributed by atoms with Gasteiger partial charge in [-0.2, -0.15) is 0 Å². The van der Waals surface area contributed by atoms with E-state index in [1.807, 2.05) is 4.90 Å². The molecule has 0 aromatic rings. The summed E-state index contributed by atoms with van der Waals surface area (Å²) in [5.74, 6) is 0.630. The highest BCUT2D eigenvalue weighted by molar-refractivity contribution is 5.95. The molecule has 1 amide bonds. The predicted octanol–water partition coefficient (Wildman–Crippen LogP) is 0.332. The van der Waals surface area contributed by atoms with Crippen LogP contribution in [0.25, 0.3) is 0 Å². The number of β-lactam (4-membered cyclic amide) rings is 1. The number of nitrogens with zero attached hydrogens (tertiary/aromatic N) is 1. The number of hydrogen-bond acceptors (Lipinski definition) is 3. The molecule has 3 rings (SSSR count). The molecule has 3 fully saturated rings. The summed E-state index contributed by atoms with van der Waals surface area (Å²) in [4.78, 5) is 14.2. The van der Waals surface area contributed by atoms with Crippen LogP contribution in [-0.2, 0) is 9.53 Å². The van der Waals surface area contributed by atoms with Gasteiger partial charge in [-0.15, -0.1) is 0 Å². The third kappa shape index (κ3) is 0.923. The fourth-order valence-corrected chi connectivity index (χ4v) is 3.12. The van der Waals surface area contributed by atoms with Gasteiger partial charge in [0.25, 0.3) is 5.91 Å². The van der Waals surface area contributed by atoms with E-state index in [0.717, 1.165) is 19.4 Å². The largest absolute Gasteiger partial charge is 0.364 e. The summed E-state index contributed by atoms with van der Waals surface area (Å²) in [6.45, 7) is 5.07. The van der Waals surface area contributed by atoms with Crippen LogP contribution in [0.5, 0.6) is 0 Å². The molecule has 1 saturated carbocycles. The van der Waals surface area contributed by atoms with Crippen molar-refractivity contribution in [1.82, 2.24) is 10.2 Å². The maximum atomic E-state index is 12.3. The van der Waals surface area contributed by atoms with Crippen molar-refractivity contribution >= 4 is 5.91 Å². The first-order valence-electron chi connectivity index (χ1n) is 5.66. The maximum Gasteiger partial charge on any atom is 0.260 e. The first-order chi connectivity index (χ1) is 7.04. The SMILES string of the molecule is CO[C@@]1(C2CC2)C(=O)N2[C@@H]1NCC2(C)C. The first kappa shape index (κ1) is 9.60. The van der Waals surface area contributed by atoms with Crippen LogP contribution in [0.1, 0.15) is 26.7 Å². The molecule has 2 atom stereocenters. The van der Waals surface area contributed by atoms with Crippen LogP contribution in [0.3, 0.4) is 0 Å². The lowest BCUT2D eigenvalue weighted by molar-refractivity contribution is -0.209. The second-order valence-electron chi connectivity index (χ2n) is 5.54. The zero-order valence-corrected chi connectivity index (χ0v) is 9.54. The van der Waals surface area contributed by atoms with Gasteiger partial charge in [0.05, 0.1) is 5.54 Å². The number of ether oxygens (including phenoxy) is 1. The van der Waals surface area contributed by atoms with Crippen molar-refractivity contribution in [1.29, 1.82) is 0 Å². The highest BCUT2D eigenvalue weighted by Gasteiger charge is 2.72. The van der Waals surface area contributed by atoms with Gasteiger partial charge in [-0.1, -0.05) is 0 Å². The van der Waals surface area contributed by atoms with Crippen LogP contribution in [0.2, 0.25) is 0 Å². The Kier molecular flexibility index (Phi) is 1.63. The smallest absolute Gasteiger partial charge is 0.260 e. The minimum Gasteiger partial charge on any atom is -0.364 e. The number of methoxy groups -OCH3 is 1. The van der Waals surface area contributed by atoms with Gasteiger partial charge in [0.15, 0.2) is 5.60 Å². The highest BCUT2D eigenvalue weighted by atomic mass is 16.5. The molecular formula is C11H18N2O2. The van der Waals surface area contributed by atoms with Gasteiger partial charge >= 0.3 is 0 Å². The van der Waals surface area contributed by atoms with E-state index in [2.05, 4.69) is 19.2 Å². The molecule has 0 unspecified atom stereocenters. The summed E-state index contributed by atoms with van der Waals surface area (Å²) in [5, 5.41) is 3.42. The van der Waals surface area contributed by atoms with E-state index >= 15 is 0 Å². The minimum absolute atomic E-state index is 0.0569. The quantitative estimate of drug-likeness (QED) is 0.668. The molecule has 84 valence electrons. The monoisotopic (exact) mass is 210 g/mol. The topological polar surface area (TPSA) is 41.6 Å². The van der Waals surface area contributed by atoms with Crippen LogP contribution in [0.4, 0.5) is 0 Å². The Morgan fingerprint density at radius 3 is 2.67 bits per heavy atom. The summed E-state index contributed by atoms with van der Waals surface area (Å²) in [6.07, 6.45) is 2.37. The Bertz CT molecular complexity index is 325. The lowest BCUT2D eigenvalue weighted by Gasteiger charge is -2.55. The van der Waals surface area contributed by atoms with Gasteiger partial charge in [0.2, 0.25) is 0 Å². The lowest BCUT2D eigenvalue weighted by atomic mass is 9.81. The third-order valence-corrected chi connectivity index (χ3v) is 4.12. The van der Waals surface area contributed by atoms with Crippen LogP contribution in [-0.4, -0.2) is 41.8 Å². The van der Waals surface area contributed by atoms with Crippen molar-refractivity contribution in [2.45, 2.75) is 44.0 Å². The Morgan fingerprint density at radius 2 is 2.13 bits per heavy atom. The minimum atomic E-state index is -0.534. The Hall–Kier alpha value is -0.610. The second kappa shape index (κ2) is 2.55. The van der Waals surface area contributed by atoms with E-state index in [4.69, 9.17) is 4.74 Å². The van der Waals surface area contributed by atoms with Crippen molar-refractivity contribution in [3.63, 3.8) is 0 Å². The molecule has 2 saturated heterocycles. The summed E-state index contributed by atoms with van der Waals surface area (Å²) >= 11 is 0.